The minimum Gasteiger partial charge on any atom is -0.492 e. The van der Waals surface area contributed by atoms with E-state index in [-0.39, 0.29) is 0 Å². The minimum absolute atomic E-state index is 0.346. The molecule has 3 nitrogen and oxygen atoms in total. The Morgan fingerprint density at radius 3 is 1.54 bits per heavy atom. The van der Waals surface area contributed by atoms with Crippen LogP contribution in [-0.4, -0.2) is 15.0 Å². The highest BCUT2D eigenvalue weighted by Gasteiger charge is 2.34. The first-order valence-corrected chi connectivity index (χ1v) is 13.2. The van der Waals surface area contributed by atoms with Crippen molar-refractivity contribution < 1.29 is 13.2 Å². The highest BCUT2D eigenvalue weighted by atomic mass is 32.2. The van der Waals surface area contributed by atoms with Crippen molar-refractivity contribution >= 4 is 9.84 Å². The maximum Gasteiger partial charge on any atom is 0.210 e. The van der Waals surface area contributed by atoms with Crippen LogP contribution < -0.4 is 0 Å². The van der Waals surface area contributed by atoms with E-state index in [1.165, 1.54) is 96.3 Å². The van der Waals surface area contributed by atoms with E-state index in [0.717, 1.165) is 6.42 Å². The summed E-state index contributed by atoms with van der Waals surface area (Å²) in [5, 5.41) is 0. The van der Waals surface area contributed by atoms with E-state index < -0.39 is 9.84 Å². The molecule has 2 rings (SSSR count). The van der Waals surface area contributed by atoms with E-state index in [2.05, 4.69) is 6.92 Å². The predicted octanol–water partition coefficient (Wildman–Crippen LogP) is 7.36. The summed E-state index contributed by atoms with van der Waals surface area (Å²) in [6.45, 7) is 2.89. The highest BCUT2D eigenvalue weighted by Crippen LogP contribution is 2.37. The summed E-state index contributed by atoms with van der Waals surface area (Å²) in [4.78, 5) is 0.725. The normalized spacial score (nSPS) is 16.8. The molecule has 2 bridgehead atoms. The average molecular weight is 409 g/mol. The summed E-state index contributed by atoms with van der Waals surface area (Å²) < 4.78 is 29.4. The molecule has 0 radical (unpaired) electrons. The summed E-state index contributed by atoms with van der Waals surface area (Å²) in [6, 6.07) is 0. The first-order valence-electron chi connectivity index (χ1n) is 11.7. The number of rotatable bonds is 18. The summed E-state index contributed by atoms with van der Waals surface area (Å²) in [6.07, 6.45) is 26.5. The van der Waals surface area contributed by atoms with Crippen LogP contribution in [0, 0.1) is 0 Å². The van der Waals surface area contributed by atoms with Gasteiger partial charge in [0.2, 0.25) is 9.84 Å². The second kappa shape index (κ2) is 13.2. The zero-order chi connectivity index (χ0) is 20.1. The molecule has 28 heavy (non-hydrogen) atoms. The van der Waals surface area contributed by atoms with Gasteiger partial charge < -0.3 is 4.74 Å². The lowest BCUT2D eigenvalue weighted by Crippen LogP contribution is -1.97. The van der Waals surface area contributed by atoms with Gasteiger partial charge in [0.25, 0.3) is 0 Å². The lowest BCUT2D eigenvalue weighted by atomic mass is 10.0. The maximum absolute atomic E-state index is 11.9. The first-order chi connectivity index (χ1) is 13.7. The van der Waals surface area contributed by atoms with Gasteiger partial charge in [-0.05, 0) is 18.6 Å². The summed E-state index contributed by atoms with van der Waals surface area (Å²) in [5.74, 6) is 0.540. The SMILES string of the molecule is CCCCCCCCCCCCCCCCCCOC1=C2C=CC(=C1)S2(=O)=O. The standard InChI is InChI=1S/C24H40O3S/c1-2-3-4-5-6-7-8-9-10-11-12-13-14-15-16-17-20-27-23-21-22-18-19-24(23)28(22,25)26/h18-19,21H,2-17,20H2,1H3. The zero-order valence-electron chi connectivity index (χ0n) is 17.9. The Labute approximate surface area is 173 Å². The lowest BCUT2D eigenvalue weighted by Gasteiger charge is -2.07. The van der Waals surface area contributed by atoms with Crippen LogP contribution in [0.25, 0.3) is 0 Å². The Morgan fingerprint density at radius 2 is 1.14 bits per heavy atom. The number of sulfone groups is 1. The lowest BCUT2D eigenvalue weighted by molar-refractivity contribution is 0.216. The van der Waals surface area contributed by atoms with Gasteiger partial charge in [-0.1, -0.05) is 103 Å². The largest absolute Gasteiger partial charge is 0.492 e. The van der Waals surface area contributed by atoms with E-state index in [4.69, 9.17) is 4.74 Å². The van der Waals surface area contributed by atoms with Crippen molar-refractivity contribution in [1.82, 2.24) is 0 Å². The van der Waals surface area contributed by atoms with E-state index in [1.807, 2.05) is 0 Å². The molecule has 0 amide bonds. The molecule has 0 N–H and O–H groups in total. The molecule has 0 saturated heterocycles. The topological polar surface area (TPSA) is 43.4 Å². The highest BCUT2D eigenvalue weighted by molar-refractivity contribution is 8.00. The molecule has 0 fully saturated rings. The Hall–Kier alpha value is -1.03. The van der Waals surface area contributed by atoms with Crippen molar-refractivity contribution in [3.05, 3.63) is 33.8 Å². The molecule has 0 aliphatic carbocycles. The van der Waals surface area contributed by atoms with Crippen molar-refractivity contribution in [3.63, 3.8) is 0 Å². The van der Waals surface area contributed by atoms with Gasteiger partial charge in [0.05, 0.1) is 11.5 Å². The molecular formula is C24H40O3S. The maximum atomic E-state index is 11.9. The monoisotopic (exact) mass is 408 g/mol. The average Bonchev–Trinajstić information content (AvgIpc) is 3.11. The van der Waals surface area contributed by atoms with E-state index in [1.54, 1.807) is 18.2 Å². The number of hydrogen-bond acceptors (Lipinski definition) is 3. The van der Waals surface area contributed by atoms with Gasteiger partial charge in [0.1, 0.15) is 10.7 Å². The third kappa shape index (κ3) is 7.77. The fourth-order valence-corrected chi connectivity index (χ4v) is 5.34. The van der Waals surface area contributed by atoms with E-state index in [0.29, 0.717) is 22.2 Å². The first kappa shape index (κ1) is 23.3. The smallest absolute Gasteiger partial charge is 0.210 e. The molecule has 0 spiro atoms. The van der Waals surface area contributed by atoms with Gasteiger partial charge in [0, 0.05) is 6.08 Å². The fraction of sp³-hybridized carbons (Fsp3) is 0.750. The summed E-state index contributed by atoms with van der Waals surface area (Å²) in [5.41, 5.74) is 0. The molecule has 0 saturated carbocycles. The van der Waals surface area contributed by atoms with Gasteiger partial charge in [-0.2, -0.15) is 0 Å². The molecule has 2 aliphatic rings. The molecule has 0 aromatic heterocycles. The van der Waals surface area contributed by atoms with Crippen molar-refractivity contribution in [2.45, 2.75) is 110 Å². The van der Waals surface area contributed by atoms with Crippen LogP contribution in [0.15, 0.2) is 33.8 Å². The van der Waals surface area contributed by atoms with Gasteiger partial charge >= 0.3 is 0 Å². The molecule has 0 aromatic carbocycles. The van der Waals surface area contributed by atoms with E-state index in [9.17, 15) is 8.42 Å². The quantitative estimate of drug-likeness (QED) is 0.222. The molecule has 4 heteroatoms. The van der Waals surface area contributed by atoms with Crippen LogP contribution in [0.2, 0.25) is 0 Å². The second-order valence-electron chi connectivity index (χ2n) is 8.26. The van der Waals surface area contributed by atoms with Gasteiger partial charge in [0.15, 0.2) is 0 Å². The Morgan fingerprint density at radius 1 is 0.679 bits per heavy atom. The minimum atomic E-state index is -3.21. The predicted molar refractivity (Wildman–Crippen MR) is 119 cm³/mol. The Balaban J connectivity index is 1.31. The second-order valence-corrected chi connectivity index (χ2v) is 10.2. The van der Waals surface area contributed by atoms with E-state index >= 15 is 0 Å². The summed E-state index contributed by atoms with van der Waals surface area (Å²) in [7, 11) is -3.21. The molecule has 0 atom stereocenters. The van der Waals surface area contributed by atoms with Crippen LogP contribution in [0.1, 0.15) is 110 Å². The van der Waals surface area contributed by atoms with Gasteiger partial charge in [-0.25, -0.2) is 8.42 Å². The third-order valence-corrected chi connectivity index (χ3v) is 7.56. The van der Waals surface area contributed by atoms with Crippen molar-refractivity contribution in [1.29, 1.82) is 0 Å². The van der Waals surface area contributed by atoms with Crippen LogP contribution in [0.5, 0.6) is 0 Å². The van der Waals surface area contributed by atoms with Crippen LogP contribution in [0.4, 0.5) is 0 Å². The molecule has 2 heterocycles. The Kier molecular flexibility index (Phi) is 11.0. The fourth-order valence-electron chi connectivity index (χ4n) is 3.95. The Bertz CT molecular complexity index is 641. The van der Waals surface area contributed by atoms with Crippen LogP contribution in [-0.2, 0) is 14.6 Å². The van der Waals surface area contributed by atoms with Gasteiger partial charge in [-0.3, -0.25) is 0 Å². The van der Waals surface area contributed by atoms with Gasteiger partial charge in [-0.15, -0.1) is 0 Å². The molecule has 2 aliphatic heterocycles. The van der Waals surface area contributed by atoms with Crippen molar-refractivity contribution in [3.8, 4) is 0 Å². The number of fused-ring (bicyclic) bond motifs is 2. The molecular weight excluding hydrogens is 368 g/mol. The number of allylic oxidation sites excluding steroid dienone is 3. The molecule has 0 unspecified atom stereocenters. The molecule has 0 aromatic rings. The van der Waals surface area contributed by atoms with Crippen molar-refractivity contribution in [2.24, 2.45) is 0 Å². The van der Waals surface area contributed by atoms with Crippen LogP contribution >= 0.6 is 0 Å². The number of ether oxygens (including phenoxy) is 1. The summed E-state index contributed by atoms with van der Waals surface area (Å²) >= 11 is 0. The molecule has 160 valence electrons. The zero-order valence-corrected chi connectivity index (χ0v) is 18.7. The van der Waals surface area contributed by atoms with Crippen molar-refractivity contribution in [2.75, 3.05) is 6.61 Å². The third-order valence-electron chi connectivity index (χ3n) is 5.77. The number of unbranched alkanes of at least 4 members (excludes halogenated alkanes) is 15. The number of hydrogen-bond donors (Lipinski definition) is 0. The van der Waals surface area contributed by atoms with Crippen LogP contribution in [0.3, 0.4) is 0 Å².